The van der Waals surface area contributed by atoms with Crippen molar-refractivity contribution in [2.45, 2.75) is 25.5 Å². The summed E-state index contributed by atoms with van der Waals surface area (Å²) in [5.41, 5.74) is 1.16. The molecule has 19 heavy (non-hydrogen) atoms. The lowest BCUT2D eigenvalue weighted by Gasteiger charge is -2.06. The molecular weight excluding hydrogens is 293 g/mol. The average molecular weight is 304 g/mol. The van der Waals surface area contributed by atoms with Gasteiger partial charge in [-0.15, -0.1) is 10.2 Å². The van der Waals surface area contributed by atoms with Crippen LogP contribution in [0.2, 0.25) is 0 Å². The maximum absolute atomic E-state index is 13.4. The number of halogens is 2. The highest BCUT2D eigenvalue weighted by Gasteiger charge is 2.22. The lowest BCUT2D eigenvalue weighted by atomic mass is 10.1. The van der Waals surface area contributed by atoms with Crippen molar-refractivity contribution in [2.24, 2.45) is 0 Å². The van der Waals surface area contributed by atoms with Crippen molar-refractivity contribution in [3.05, 3.63) is 29.6 Å². The monoisotopic (exact) mass is 303 g/mol. The van der Waals surface area contributed by atoms with Crippen molar-refractivity contribution < 1.29 is 12.8 Å². The minimum Gasteiger partial charge on any atom is -0.297 e. The van der Waals surface area contributed by atoms with E-state index in [1.54, 1.807) is 19.9 Å². The second-order valence-electron chi connectivity index (χ2n) is 4.01. The number of rotatable bonds is 3. The average Bonchev–Trinajstić information content (AvgIpc) is 2.70. The van der Waals surface area contributed by atoms with Gasteiger partial charge in [0, 0.05) is 22.8 Å². The third kappa shape index (κ3) is 2.76. The molecule has 2 aromatic rings. The van der Waals surface area contributed by atoms with Crippen molar-refractivity contribution in [1.82, 2.24) is 14.8 Å². The van der Waals surface area contributed by atoms with Crippen LogP contribution < -0.4 is 0 Å². The van der Waals surface area contributed by atoms with E-state index in [-0.39, 0.29) is 11.0 Å². The molecule has 0 atom stereocenters. The van der Waals surface area contributed by atoms with Crippen LogP contribution in [0.3, 0.4) is 0 Å². The molecule has 0 saturated carbocycles. The van der Waals surface area contributed by atoms with Crippen LogP contribution in [0.5, 0.6) is 0 Å². The van der Waals surface area contributed by atoms with Crippen LogP contribution in [0, 0.1) is 12.7 Å². The Hall–Kier alpha value is -1.47. The summed E-state index contributed by atoms with van der Waals surface area (Å²) in [4.78, 5) is 0. The molecule has 1 heterocycles. The van der Waals surface area contributed by atoms with Gasteiger partial charge in [-0.1, -0.05) is 0 Å². The van der Waals surface area contributed by atoms with E-state index in [4.69, 9.17) is 10.7 Å². The zero-order valence-corrected chi connectivity index (χ0v) is 11.8. The second-order valence-corrected chi connectivity index (χ2v) is 6.47. The van der Waals surface area contributed by atoms with Crippen LogP contribution in [0.15, 0.2) is 23.4 Å². The molecule has 5 nitrogen and oxygen atoms in total. The molecular formula is C11H11ClFN3O2S. The highest BCUT2D eigenvalue weighted by atomic mass is 35.7. The maximum Gasteiger partial charge on any atom is 0.296 e. The first-order chi connectivity index (χ1) is 8.82. The number of aryl methyl sites for hydroxylation is 1. The number of benzene rings is 1. The maximum atomic E-state index is 13.4. The molecule has 0 N–H and O–H groups in total. The largest absolute Gasteiger partial charge is 0.297 e. The predicted molar refractivity (Wildman–Crippen MR) is 68.9 cm³/mol. The first-order valence-electron chi connectivity index (χ1n) is 5.48. The summed E-state index contributed by atoms with van der Waals surface area (Å²) in [7, 11) is 1.30. The van der Waals surface area contributed by atoms with Gasteiger partial charge in [0.15, 0.2) is 5.82 Å². The molecule has 1 aromatic heterocycles. The number of hydrogen-bond donors (Lipinski definition) is 0. The molecule has 0 aliphatic heterocycles. The van der Waals surface area contributed by atoms with E-state index in [1.807, 2.05) is 0 Å². The van der Waals surface area contributed by atoms with Crippen molar-refractivity contribution in [2.75, 3.05) is 0 Å². The topological polar surface area (TPSA) is 64.8 Å². The van der Waals surface area contributed by atoms with E-state index in [9.17, 15) is 12.8 Å². The Morgan fingerprint density at radius 1 is 1.32 bits per heavy atom. The van der Waals surface area contributed by atoms with Crippen LogP contribution in [0.25, 0.3) is 11.4 Å². The van der Waals surface area contributed by atoms with Crippen molar-refractivity contribution in [3.8, 4) is 11.4 Å². The fraction of sp³-hybridized carbons (Fsp3) is 0.273. The van der Waals surface area contributed by atoms with Gasteiger partial charge in [0.2, 0.25) is 0 Å². The van der Waals surface area contributed by atoms with Crippen molar-refractivity contribution in [3.63, 3.8) is 0 Å². The second kappa shape index (κ2) is 4.90. The molecule has 0 aliphatic rings. The molecule has 0 bridgehead atoms. The molecule has 0 unspecified atom stereocenters. The fourth-order valence-electron chi connectivity index (χ4n) is 1.83. The smallest absolute Gasteiger partial charge is 0.296 e. The molecule has 8 heteroatoms. The summed E-state index contributed by atoms with van der Waals surface area (Å²) in [6.07, 6.45) is 0. The molecule has 0 fully saturated rings. The van der Waals surface area contributed by atoms with E-state index in [0.29, 0.717) is 17.7 Å². The third-order valence-corrected chi connectivity index (χ3v) is 3.70. The van der Waals surface area contributed by atoms with E-state index in [0.717, 1.165) is 0 Å². The Kier molecular flexibility index (Phi) is 3.60. The minimum atomic E-state index is -3.99. The highest BCUT2D eigenvalue weighted by Crippen LogP contribution is 2.24. The number of nitrogens with zero attached hydrogens (tertiary/aromatic N) is 3. The molecule has 0 radical (unpaired) electrons. The molecule has 0 amide bonds. The zero-order chi connectivity index (χ0) is 14.2. The van der Waals surface area contributed by atoms with Gasteiger partial charge >= 0.3 is 0 Å². The normalized spacial score (nSPS) is 11.8. The lowest BCUT2D eigenvalue weighted by Crippen LogP contribution is -2.06. The van der Waals surface area contributed by atoms with Crippen LogP contribution in [0.1, 0.15) is 12.5 Å². The third-order valence-electron chi connectivity index (χ3n) is 2.55. The van der Waals surface area contributed by atoms with Gasteiger partial charge < -0.3 is 0 Å². The van der Waals surface area contributed by atoms with Crippen molar-refractivity contribution >= 4 is 19.7 Å². The molecule has 102 valence electrons. The highest BCUT2D eigenvalue weighted by molar-refractivity contribution is 8.13. The standard InChI is InChI=1S/C11H11ClFN3O2S/c1-3-16-10(14-15-11(16)19(12,17)18)8-4-7(2)5-9(13)6-8/h4-6H,3H2,1-2H3. The molecule has 1 aromatic carbocycles. The summed E-state index contributed by atoms with van der Waals surface area (Å²) in [5.74, 6) is -0.153. The Bertz CT molecular complexity index is 707. The van der Waals surface area contributed by atoms with E-state index >= 15 is 0 Å². The van der Waals surface area contributed by atoms with Crippen LogP contribution in [-0.2, 0) is 15.6 Å². The van der Waals surface area contributed by atoms with E-state index in [2.05, 4.69) is 10.2 Å². The minimum absolute atomic E-state index is 0.268. The first-order valence-corrected chi connectivity index (χ1v) is 7.79. The van der Waals surface area contributed by atoms with Gasteiger partial charge in [-0.05, 0) is 37.6 Å². The van der Waals surface area contributed by atoms with Crippen LogP contribution >= 0.6 is 10.7 Å². The number of aromatic nitrogens is 3. The Labute approximate surface area is 114 Å². The fourth-order valence-corrected chi connectivity index (χ4v) is 2.79. The van der Waals surface area contributed by atoms with Gasteiger partial charge in [-0.3, -0.25) is 4.57 Å². The van der Waals surface area contributed by atoms with Crippen LogP contribution in [0.4, 0.5) is 4.39 Å². The summed E-state index contributed by atoms with van der Waals surface area (Å²) in [6.45, 7) is 3.77. The summed E-state index contributed by atoms with van der Waals surface area (Å²) < 4.78 is 37.4. The van der Waals surface area contributed by atoms with Gasteiger partial charge in [-0.2, -0.15) is 0 Å². The van der Waals surface area contributed by atoms with Gasteiger partial charge in [0.1, 0.15) is 5.82 Å². The molecule has 2 rings (SSSR count). The zero-order valence-electron chi connectivity index (χ0n) is 10.3. The van der Waals surface area contributed by atoms with Gasteiger partial charge in [-0.25, -0.2) is 12.8 Å². The van der Waals surface area contributed by atoms with Crippen LogP contribution in [-0.4, -0.2) is 23.2 Å². The summed E-state index contributed by atoms with van der Waals surface area (Å²) in [5, 5.41) is 7.01. The van der Waals surface area contributed by atoms with E-state index < -0.39 is 14.9 Å². The van der Waals surface area contributed by atoms with Gasteiger partial charge in [0.05, 0.1) is 0 Å². The Morgan fingerprint density at radius 2 is 2.00 bits per heavy atom. The summed E-state index contributed by atoms with van der Waals surface area (Å²) >= 11 is 0. The SMILES string of the molecule is CCn1c(-c2cc(C)cc(F)c2)nnc1S(=O)(=O)Cl. The van der Waals surface area contributed by atoms with Crippen molar-refractivity contribution in [1.29, 1.82) is 0 Å². The molecule has 0 spiro atoms. The quantitative estimate of drug-likeness (QED) is 0.816. The summed E-state index contributed by atoms with van der Waals surface area (Å²) in [6, 6.07) is 4.34. The number of hydrogen-bond acceptors (Lipinski definition) is 4. The van der Waals surface area contributed by atoms with E-state index in [1.165, 1.54) is 16.7 Å². The molecule has 0 aliphatic carbocycles. The Balaban J connectivity index is 2.67. The van der Waals surface area contributed by atoms with Gasteiger partial charge in [0.25, 0.3) is 14.2 Å². The first kappa shape index (κ1) is 14.0. The predicted octanol–water partition coefficient (Wildman–Crippen LogP) is 2.34. The Morgan fingerprint density at radius 3 is 2.53 bits per heavy atom. The molecule has 0 saturated heterocycles. The lowest BCUT2D eigenvalue weighted by molar-refractivity contribution is 0.582.